The molecule has 0 heterocycles. The molecule has 5 heteroatoms. The van der Waals surface area contributed by atoms with Gasteiger partial charge in [-0.2, -0.15) is 0 Å². The molecule has 0 atom stereocenters. The highest BCUT2D eigenvalue weighted by molar-refractivity contribution is 6.02. The van der Waals surface area contributed by atoms with Crippen LogP contribution >= 0.6 is 0 Å². The minimum absolute atomic E-state index is 0.0461. The first kappa shape index (κ1) is 16.4. The van der Waals surface area contributed by atoms with Crippen LogP contribution in [-0.4, -0.2) is 23.1 Å². The minimum atomic E-state index is -0.370. The average molecular weight is 311 g/mol. The van der Waals surface area contributed by atoms with E-state index in [0.717, 1.165) is 0 Å². The van der Waals surface area contributed by atoms with E-state index in [1.807, 2.05) is 0 Å². The molecule has 2 aromatic rings. The van der Waals surface area contributed by atoms with Crippen LogP contribution in [-0.2, 0) is 6.54 Å². The molecular weight excluding hydrogens is 294 g/mol. The molecule has 1 amide bonds. The molecule has 0 spiro atoms. The minimum Gasteiger partial charge on any atom is -0.508 e. The molecule has 0 radical (unpaired) electrons. The van der Waals surface area contributed by atoms with Crippen LogP contribution in [0.2, 0.25) is 0 Å². The standard InChI is InChI=1S/C18H17NO4/c1-11-6-7-13(8-17(11)22)18(23)19-9-14-4-3-5-15(12(2)21)16(14)10-20/h3-8,10,22H,9H2,1-2H3,(H,19,23). The highest BCUT2D eigenvalue weighted by Crippen LogP contribution is 2.18. The van der Waals surface area contributed by atoms with Gasteiger partial charge in [0, 0.05) is 23.2 Å². The Hall–Kier alpha value is -2.95. The number of benzene rings is 2. The number of carbonyl (C=O) groups is 3. The number of amides is 1. The number of rotatable bonds is 5. The van der Waals surface area contributed by atoms with Gasteiger partial charge in [0.15, 0.2) is 12.1 Å². The summed E-state index contributed by atoms with van der Waals surface area (Å²) in [6, 6.07) is 9.58. The quantitative estimate of drug-likeness (QED) is 0.657. The lowest BCUT2D eigenvalue weighted by Crippen LogP contribution is -2.23. The van der Waals surface area contributed by atoms with Gasteiger partial charge in [-0.05, 0) is 37.1 Å². The Morgan fingerprint density at radius 3 is 2.57 bits per heavy atom. The maximum atomic E-state index is 12.1. The summed E-state index contributed by atoms with van der Waals surface area (Å²) in [6.45, 7) is 3.24. The van der Waals surface area contributed by atoms with E-state index >= 15 is 0 Å². The highest BCUT2D eigenvalue weighted by atomic mass is 16.3. The Balaban J connectivity index is 2.19. The van der Waals surface area contributed by atoms with Crippen LogP contribution in [0.1, 0.15) is 49.1 Å². The third kappa shape index (κ3) is 3.63. The molecule has 0 aliphatic carbocycles. The van der Waals surface area contributed by atoms with Gasteiger partial charge in [0.2, 0.25) is 0 Å². The molecule has 0 saturated heterocycles. The number of ketones is 1. The van der Waals surface area contributed by atoms with Crippen LogP contribution in [0, 0.1) is 6.92 Å². The van der Waals surface area contributed by atoms with E-state index in [9.17, 15) is 19.5 Å². The number of Topliss-reactive ketones (excluding diaryl/α,β-unsaturated/α-hetero) is 1. The highest BCUT2D eigenvalue weighted by Gasteiger charge is 2.13. The lowest BCUT2D eigenvalue weighted by molar-refractivity contribution is 0.0949. The summed E-state index contributed by atoms with van der Waals surface area (Å²) in [6.07, 6.45) is 0.621. The molecular formula is C18H17NO4. The van der Waals surface area contributed by atoms with Crippen molar-refractivity contribution < 1.29 is 19.5 Å². The zero-order chi connectivity index (χ0) is 17.0. The first-order valence-corrected chi connectivity index (χ1v) is 7.10. The molecule has 0 aromatic heterocycles. The summed E-state index contributed by atoms with van der Waals surface area (Å²) in [4.78, 5) is 34.9. The third-order valence-electron chi connectivity index (χ3n) is 3.60. The predicted molar refractivity (Wildman–Crippen MR) is 85.8 cm³/mol. The van der Waals surface area contributed by atoms with Crippen molar-refractivity contribution in [3.05, 3.63) is 64.2 Å². The first-order chi connectivity index (χ1) is 10.9. The number of aromatic hydroxyl groups is 1. The van der Waals surface area contributed by atoms with Gasteiger partial charge in [0.05, 0.1) is 0 Å². The molecule has 0 saturated carbocycles. The molecule has 0 fully saturated rings. The molecule has 2 rings (SSSR count). The van der Waals surface area contributed by atoms with E-state index in [1.54, 1.807) is 37.3 Å². The van der Waals surface area contributed by atoms with Gasteiger partial charge >= 0.3 is 0 Å². The maximum Gasteiger partial charge on any atom is 0.251 e. The van der Waals surface area contributed by atoms with Crippen LogP contribution in [0.4, 0.5) is 0 Å². The lowest BCUT2D eigenvalue weighted by Gasteiger charge is -2.10. The second kappa shape index (κ2) is 6.87. The Bertz CT molecular complexity index is 781. The third-order valence-corrected chi connectivity index (χ3v) is 3.60. The SMILES string of the molecule is CC(=O)c1cccc(CNC(=O)c2ccc(C)c(O)c2)c1C=O. The summed E-state index contributed by atoms with van der Waals surface area (Å²) < 4.78 is 0. The molecule has 2 aromatic carbocycles. The van der Waals surface area contributed by atoms with E-state index in [4.69, 9.17) is 0 Å². The average Bonchev–Trinajstić information content (AvgIpc) is 2.54. The summed E-state index contributed by atoms with van der Waals surface area (Å²) in [5.41, 5.74) is 2.19. The number of phenolic OH excluding ortho intramolecular Hbond substituents is 1. The van der Waals surface area contributed by atoms with Crippen LogP contribution in [0.15, 0.2) is 36.4 Å². The Morgan fingerprint density at radius 2 is 1.96 bits per heavy atom. The molecule has 0 bridgehead atoms. The van der Waals surface area contributed by atoms with Gasteiger partial charge in [0.25, 0.3) is 5.91 Å². The number of carbonyl (C=O) groups excluding carboxylic acids is 3. The number of hydrogen-bond donors (Lipinski definition) is 2. The Labute approximate surface area is 134 Å². The van der Waals surface area contributed by atoms with Crippen molar-refractivity contribution in [1.82, 2.24) is 5.32 Å². The number of hydrogen-bond acceptors (Lipinski definition) is 4. The maximum absolute atomic E-state index is 12.1. The van der Waals surface area contributed by atoms with E-state index in [2.05, 4.69) is 5.32 Å². The second-order valence-corrected chi connectivity index (χ2v) is 5.24. The predicted octanol–water partition coefficient (Wildman–Crippen LogP) is 2.65. The Morgan fingerprint density at radius 1 is 1.22 bits per heavy atom. The normalized spacial score (nSPS) is 10.2. The van der Waals surface area contributed by atoms with Crippen LogP contribution < -0.4 is 5.32 Å². The van der Waals surface area contributed by atoms with Crippen molar-refractivity contribution in [1.29, 1.82) is 0 Å². The van der Waals surface area contributed by atoms with Crippen molar-refractivity contribution in [2.45, 2.75) is 20.4 Å². The molecule has 0 aliphatic heterocycles. The van der Waals surface area contributed by atoms with Crippen LogP contribution in [0.5, 0.6) is 5.75 Å². The fraction of sp³-hybridized carbons (Fsp3) is 0.167. The van der Waals surface area contributed by atoms with Gasteiger partial charge in [-0.25, -0.2) is 0 Å². The largest absolute Gasteiger partial charge is 0.508 e. The van der Waals surface area contributed by atoms with Crippen molar-refractivity contribution in [3.8, 4) is 5.75 Å². The Kier molecular flexibility index (Phi) is 4.91. The zero-order valence-corrected chi connectivity index (χ0v) is 12.9. The smallest absolute Gasteiger partial charge is 0.251 e. The number of aldehydes is 1. The fourth-order valence-corrected chi connectivity index (χ4v) is 2.24. The van der Waals surface area contributed by atoms with Crippen molar-refractivity contribution in [2.24, 2.45) is 0 Å². The summed E-state index contributed by atoms with van der Waals surface area (Å²) in [7, 11) is 0. The molecule has 2 N–H and O–H groups in total. The first-order valence-electron chi connectivity index (χ1n) is 7.10. The van der Waals surface area contributed by atoms with Gasteiger partial charge in [-0.15, -0.1) is 0 Å². The van der Waals surface area contributed by atoms with Crippen molar-refractivity contribution >= 4 is 18.0 Å². The van der Waals surface area contributed by atoms with Crippen molar-refractivity contribution in [2.75, 3.05) is 0 Å². The second-order valence-electron chi connectivity index (χ2n) is 5.24. The molecule has 5 nitrogen and oxygen atoms in total. The number of aryl methyl sites for hydroxylation is 1. The molecule has 23 heavy (non-hydrogen) atoms. The monoisotopic (exact) mass is 311 g/mol. The topological polar surface area (TPSA) is 83.5 Å². The number of nitrogens with one attached hydrogen (secondary N) is 1. The van der Waals surface area contributed by atoms with E-state index in [1.165, 1.54) is 13.0 Å². The molecule has 0 unspecified atom stereocenters. The summed E-state index contributed by atoms with van der Waals surface area (Å²) in [5.74, 6) is -0.529. The van der Waals surface area contributed by atoms with Crippen molar-refractivity contribution in [3.63, 3.8) is 0 Å². The summed E-state index contributed by atoms with van der Waals surface area (Å²) in [5, 5.41) is 12.3. The van der Waals surface area contributed by atoms with Crippen LogP contribution in [0.3, 0.4) is 0 Å². The summed E-state index contributed by atoms with van der Waals surface area (Å²) >= 11 is 0. The van der Waals surface area contributed by atoms with E-state index in [-0.39, 0.29) is 29.5 Å². The fourth-order valence-electron chi connectivity index (χ4n) is 2.24. The number of phenols is 1. The molecule has 0 aliphatic rings. The van der Waals surface area contributed by atoms with Crippen LogP contribution in [0.25, 0.3) is 0 Å². The van der Waals surface area contributed by atoms with Gasteiger partial charge in [-0.1, -0.05) is 24.3 Å². The van der Waals surface area contributed by atoms with Gasteiger partial charge < -0.3 is 10.4 Å². The zero-order valence-electron chi connectivity index (χ0n) is 12.9. The molecule has 118 valence electrons. The van der Waals surface area contributed by atoms with Gasteiger partial charge in [0.1, 0.15) is 5.75 Å². The van der Waals surface area contributed by atoms with Gasteiger partial charge in [-0.3, -0.25) is 14.4 Å². The van der Waals surface area contributed by atoms with E-state index in [0.29, 0.717) is 28.5 Å². The van der Waals surface area contributed by atoms with E-state index < -0.39 is 0 Å². The lowest BCUT2D eigenvalue weighted by atomic mass is 9.99.